The van der Waals surface area contributed by atoms with Crippen molar-refractivity contribution in [2.45, 2.75) is 32.8 Å². The van der Waals surface area contributed by atoms with Crippen LogP contribution in [-0.4, -0.2) is 49.7 Å². The minimum absolute atomic E-state index is 0.0453. The molecule has 24 heavy (non-hydrogen) atoms. The molecule has 1 aliphatic rings. The average Bonchev–Trinajstić information content (AvgIpc) is 2.58. The Kier molecular flexibility index (Phi) is 7.23. The minimum Gasteiger partial charge on any atom is -0.374 e. The van der Waals surface area contributed by atoms with E-state index < -0.39 is 0 Å². The fourth-order valence-electron chi connectivity index (χ4n) is 2.91. The first-order valence-electron chi connectivity index (χ1n) is 8.66. The highest BCUT2D eigenvalue weighted by Crippen LogP contribution is 2.08. The maximum Gasteiger partial charge on any atom is 0.220 e. The van der Waals surface area contributed by atoms with Gasteiger partial charge in [0.05, 0.1) is 24.3 Å². The second kappa shape index (κ2) is 9.41. The number of nitrogens with zero attached hydrogens (tertiary/aromatic N) is 2. The molecule has 130 valence electrons. The van der Waals surface area contributed by atoms with Crippen molar-refractivity contribution < 1.29 is 9.53 Å². The molecule has 1 atom stereocenters. The van der Waals surface area contributed by atoms with E-state index >= 15 is 0 Å². The third-order valence-corrected chi connectivity index (χ3v) is 4.10. The van der Waals surface area contributed by atoms with Gasteiger partial charge in [0.25, 0.3) is 0 Å². The number of carbonyl (C=O) groups excluding carboxylic acids is 1. The number of nitrogens with one attached hydrogen (secondary N) is 1. The van der Waals surface area contributed by atoms with Crippen molar-refractivity contribution in [3.8, 4) is 6.07 Å². The summed E-state index contributed by atoms with van der Waals surface area (Å²) >= 11 is 0. The molecule has 0 aromatic heterocycles. The summed E-state index contributed by atoms with van der Waals surface area (Å²) in [6.45, 7) is 8.67. The molecule has 0 saturated carbocycles. The predicted octanol–water partition coefficient (Wildman–Crippen LogP) is 1.96. The van der Waals surface area contributed by atoms with Gasteiger partial charge in [-0.3, -0.25) is 9.69 Å². The van der Waals surface area contributed by atoms with E-state index in [9.17, 15) is 4.79 Å². The Morgan fingerprint density at radius 1 is 1.42 bits per heavy atom. The summed E-state index contributed by atoms with van der Waals surface area (Å²) in [5.41, 5.74) is 1.71. The summed E-state index contributed by atoms with van der Waals surface area (Å²) < 4.78 is 5.74. The second-order valence-electron chi connectivity index (χ2n) is 6.76. The first kappa shape index (κ1) is 18.4. The number of aryl methyl sites for hydroxylation is 1. The molecule has 1 aliphatic heterocycles. The number of rotatable bonds is 7. The SMILES string of the molecule is CC(C)CN1CCOC(CNC(=O)CCc2ccc(C#N)cc2)C1. The molecule has 0 spiro atoms. The van der Waals surface area contributed by atoms with Crippen molar-refractivity contribution in [2.75, 3.05) is 32.8 Å². The van der Waals surface area contributed by atoms with Crippen molar-refractivity contribution in [1.82, 2.24) is 10.2 Å². The number of benzene rings is 1. The monoisotopic (exact) mass is 329 g/mol. The fraction of sp³-hybridized carbons (Fsp3) is 0.579. The van der Waals surface area contributed by atoms with Gasteiger partial charge in [-0.25, -0.2) is 0 Å². The van der Waals surface area contributed by atoms with Gasteiger partial charge in [0.2, 0.25) is 5.91 Å². The van der Waals surface area contributed by atoms with Gasteiger partial charge in [-0.2, -0.15) is 5.26 Å². The van der Waals surface area contributed by atoms with Crippen LogP contribution in [0.15, 0.2) is 24.3 Å². The summed E-state index contributed by atoms with van der Waals surface area (Å²) in [7, 11) is 0. The molecule has 1 aromatic rings. The number of nitriles is 1. The summed E-state index contributed by atoms with van der Waals surface area (Å²) in [4.78, 5) is 14.4. The van der Waals surface area contributed by atoms with Crippen molar-refractivity contribution in [3.05, 3.63) is 35.4 Å². The average molecular weight is 329 g/mol. The summed E-state index contributed by atoms with van der Waals surface area (Å²) in [6.07, 6.45) is 1.22. The van der Waals surface area contributed by atoms with Crippen molar-refractivity contribution in [2.24, 2.45) is 5.92 Å². The van der Waals surface area contributed by atoms with Gasteiger partial charge in [0, 0.05) is 32.6 Å². The lowest BCUT2D eigenvalue weighted by atomic mass is 10.1. The highest BCUT2D eigenvalue weighted by molar-refractivity contribution is 5.76. The van der Waals surface area contributed by atoms with E-state index in [1.165, 1.54) is 0 Å². The topological polar surface area (TPSA) is 65.4 Å². The van der Waals surface area contributed by atoms with Crippen LogP contribution in [0.2, 0.25) is 0 Å². The highest BCUT2D eigenvalue weighted by Gasteiger charge is 2.21. The molecule has 1 fully saturated rings. The molecule has 1 heterocycles. The van der Waals surface area contributed by atoms with Crippen molar-refractivity contribution in [1.29, 1.82) is 5.26 Å². The molecule has 1 aromatic carbocycles. The summed E-state index contributed by atoms with van der Waals surface area (Å²) in [5, 5.41) is 11.8. The zero-order valence-corrected chi connectivity index (χ0v) is 14.6. The number of amides is 1. The van der Waals surface area contributed by atoms with Crippen LogP contribution >= 0.6 is 0 Å². The van der Waals surface area contributed by atoms with Crippen molar-refractivity contribution >= 4 is 5.91 Å². The van der Waals surface area contributed by atoms with Gasteiger partial charge >= 0.3 is 0 Å². The number of hydrogen-bond acceptors (Lipinski definition) is 4. The van der Waals surface area contributed by atoms with E-state index in [2.05, 4.69) is 30.1 Å². The normalized spacial score (nSPS) is 18.3. The quantitative estimate of drug-likeness (QED) is 0.830. The van der Waals surface area contributed by atoms with Crippen LogP contribution in [-0.2, 0) is 16.0 Å². The molecule has 5 heteroatoms. The van der Waals surface area contributed by atoms with E-state index in [1.54, 1.807) is 12.1 Å². The second-order valence-corrected chi connectivity index (χ2v) is 6.76. The smallest absolute Gasteiger partial charge is 0.220 e. The zero-order chi connectivity index (χ0) is 17.4. The van der Waals surface area contributed by atoms with Crippen LogP contribution in [0.4, 0.5) is 0 Å². The Morgan fingerprint density at radius 2 is 2.17 bits per heavy atom. The number of morpholine rings is 1. The largest absolute Gasteiger partial charge is 0.374 e. The summed E-state index contributed by atoms with van der Waals surface area (Å²) in [5.74, 6) is 0.690. The molecule has 1 saturated heterocycles. The van der Waals surface area contributed by atoms with Gasteiger partial charge in [0.15, 0.2) is 0 Å². The molecular formula is C19H27N3O2. The number of carbonyl (C=O) groups is 1. The molecule has 5 nitrogen and oxygen atoms in total. The molecule has 1 amide bonds. The Morgan fingerprint density at radius 3 is 2.83 bits per heavy atom. The minimum atomic E-state index is 0.0453. The maximum absolute atomic E-state index is 12.0. The van der Waals surface area contributed by atoms with Gasteiger partial charge in [-0.05, 0) is 30.0 Å². The van der Waals surface area contributed by atoms with E-state index in [4.69, 9.17) is 10.00 Å². The number of ether oxygens (including phenoxy) is 1. The van der Waals surface area contributed by atoms with E-state index in [-0.39, 0.29) is 12.0 Å². The first-order valence-corrected chi connectivity index (χ1v) is 8.66. The molecule has 1 unspecified atom stereocenters. The molecule has 0 radical (unpaired) electrons. The van der Waals surface area contributed by atoms with E-state index in [0.717, 1.165) is 31.8 Å². The van der Waals surface area contributed by atoms with Gasteiger partial charge in [0.1, 0.15) is 0 Å². The highest BCUT2D eigenvalue weighted by atomic mass is 16.5. The molecule has 0 bridgehead atoms. The van der Waals surface area contributed by atoms with Crippen LogP contribution in [0.3, 0.4) is 0 Å². The van der Waals surface area contributed by atoms with Gasteiger partial charge in [-0.1, -0.05) is 26.0 Å². The first-order chi connectivity index (χ1) is 11.6. The Labute approximate surface area is 144 Å². The van der Waals surface area contributed by atoms with Gasteiger partial charge in [-0.15, -0.1) is 0 Å². The molecular weight excluding hydrogens is 302 g/mol. The van der Waals surface area contributed by atoms with Gasteiger partial charge < -0.3 is 10.1 Å². The zero-order valence-electron chi connectivity index (χ0n) is 14.6. The third-order valence-electron chi connectivity index (χ3n) is 4.10. The lowest BCUT2D eigenvalue weighted by molar-refractivity contribution is -0.122. The van der Waals surface area contributed by atoms with Crippen LogP contribution in [0.25, 0.3) is 0 Å². The number of hydrogen-bond donors (Lipinski definition) is 1. The van der Waals surface area contributed by atoms with Crippen LogP contribution in [0.5, 0.6) is 0 Å². The molecule has 0 aliphatic carbocycles. The fourth-order valence-corrected chi connectivity index (χ4v) is 2.91. The Bertz CT molecular complexity index is 563. The lowest BCUT2D eigenvalue weighted by Gasteiger charge is -2.33. The molecule has 2 rings (SSSR count). The van der Waals surface area contributed by atoms with Crippen LogP contribution in [0.1, 0.15) is 31.4 Å². The Hall–Kier alpha value is -1.90. The van der Waals surface area contributed by atoms with Crippen LogP contribution in [0, 0.1) is 17.2 Å². The molecule has 1 N–H and O–H groups in total. The summed E-state index contributed by atoms with van der Waals surface area (Å²) in [6, 6.07) is 9.47. The van der Waals surface area contributed by atoms with E-state index in [1.807, 2.05) is 12.1 Å². The lowest BCUT2D eigenvalue weighted by Crippen LogP contribution is -2.48. The van der Waals surface area contributed by atoms with Crippen LogP contribution < -0.4 is 5.32 Å². The predicted molar refractivity (Wildman–Crippen MR) is 93.5 cm³/mol. The van der Waals surface area contributed by atoms with Crippen molar-refractivity contribution in [3.63, 3.8) is 0 Å². The Balaban J connectivity index is 1.68. The third kappa shape index (κ3) is 6.31. The maximum atomic E-state index is 12.0. The standard InChI is InChI=1S/C19H27N3O2/c1-15(2)13-22-9-10-24-18(14-22)12-21-19(23)8-7-16-3-5-17(11-20)6-4-16/h3-6,15,18H,7-10,12-14H2,1-2H3,(H,21,23). The van der Waals surface area contributed by atoms with E-state index in [0.29, 0.717) is 30.9 Å².